The Bertz CT molecular complexity index is 1310. The molecule has 0 aliphatic carbocycles. The van der Waals surface area contributed by atoms with Gasteiger partial charge in [0.2, 0.25) is 0 Å². The molecule has 7 heteroatoms. The third kappa shape index (κ3) is 3.42. The Hall–Kier alpha value is -3.47. The van der Waals surface area contributed by atoms with Crippen LogP contribution in [0.2, 0.25) is 0 Å². The highest BCUT2D eigenvalue weighted by molar-refractivity contribution is 5.96. The van der Waals surface area contributed by atoms with Gasteiger partial charge in [0.15, 0.2) is 0 Å². The summed E-state index contributed by atoms with van der Waals surface area (Å²) in [7, 11) is 0. The molecule has 1 aromatic heterocycles. The molecule has 4 heterocycles. The summed E-state index contributed by atoms with van der Waals surface area (Å²) in [6.45, 7) is 8.20. The van der Waals surface area contributed by atoms with Gasteiger partial charge in [-0.1, -0.05) is 6.07 Å². The SMILES string of the molecule is C[C@@H]1CN(c2ccc(C#N)c3ncccc23)C[C@@H]2c3ccc(C(=O)N4CCNCC4)cc3CN12. The number of amides is 1. The topological polar surface area (TPSA) is 75.5 Å². The van der Waals surface area contributed by atoms with E-state index in [0.29, 0.717) is 11.6 Å². The van der Waals surface area contributed by atoms with E-state index in [1.807, 2.05) is 23.1 Å². The number of nitrogens with zero attached hydrogens (tertiary/aromatic N) is 5. The zero-order chi connectivity index (χ0) is 23.2. The first-order valence-corrected chi connectivity index (χ1v) is 12.1. The van der Waals surface area contributed by atoms with E-state index in [9.17, 15) is 10.1 Å². The molecule has 2 aromatic carbocycles. The summed E-state index contributed by atoms with van der Waals surface area (Å²) < 4.78 is 0. The summed E-state index contributed by atoms with van der Waals surface area (Å²) in [6, 6.07) is 17.2. The van der Waals surface area contributed by atoms with Crippen LogP contribution in [0, 0.1) is 11.3 Å². The van der Waals surface area contributed by atoms with E-state index in [-0.39, 0.29) is 11.9 Å². The van der Waals surface area contributed by atoms with E-state index in [1.54, 1.807) is 6.20 Å². The standard InChI is InChI=1S/C27H28N6O/c1-18-15-32(24-7-5-20(14-28)26-23(24)3-2-8-30-26)17-25-22-6-4-19(13-21(22)16-33(18)25)27(34)31-11-9-29-10-12-31/h2-8,13,18,25,29H,9-12,15-17H2,1H3/t18-,25-/m1/s1. The summed E-state index contributed by atoms with van der Waals surface area (Å²) in [5, 5.41) is 13.9. The van der Waals surface area contributed by atoms with Crippen LogP contribution in [-0.4, -0.2) is 66.0 Å². The summed E-state index contributed by atoms with van der Waals surface area (Å²) in [6.07, 6.45) is 1.75. The van der Waals surface area contributed by atoms with Gasteiger partial charge in [-0.3, -0.25) is 14.7 Å². The van der Waals surface area contributed by atoms with Crippen LogP contribution in [0.3, 0.4) is 0 Å². The van der Waals surface area contributed by atoms with Crippen molar-refractivity contribution >= 4 is 22.5 Å². The van der Waals surface area contributed by atoms with Crippen molar-refractivity contribution in [3.8, 4) is 6.07 Å². The molecule has 2 saturated heterocycles. The first kappa shape index (κ1) is 21.1. The highest BCUT2D eigenvalue weighted by atomic mass is 16.2. The molecule has 7 nitrogen and oxygen atoms in total. The van der Waals surface area contributed by atoms with E-state index in [2.05, 4.69) is 57.4 Å². The van der Waals surface area contributed by atoms with Gasteiger partial charge < -0.3 is 15.1 Å². The first-order chi connectivity index (χ1) is 16.6. The number of fused-ring (bicyclic) bond motifs is 4. The van der Waals surface area contributed by atoms with Gasteiger partial charge in [0.1, 0.15) is 6.07 Å². The number of aromatic nitrogens is 1. The van der Waals surface area contributed by atoms with Crippen LogP contribution in [0.4, 0.5) is 5.69 Å². The Morgan fingerprint density at radius 3 is 2.82 bits per heavy atom. The maximum absolute atomic E-state index is 13.0. The van der Waals surface area contributed by atoms with Crippen LogP contribution in [-0.2, 0) is 6.54 Å². The second-order valence-corrected chi connectivity index (χ2v) is 9.54. The summed E-state index contributed by atoms with van der Waals surface area (Å²) in [4.78, 5) is 24.5. The van der Waals surface area contributed by atoms with E-state index in [1.165, 1.54) is 11.1 Å². The molecule has 0 saturated carbocycles. The van der Waals surface area contributed by atoms with Crippen molar-refractivity contribution in [3.63, 3.8) is 0 Å². The van der Waals surface area contributed by atoms with E-state index < -0.39 is 0 Å². The normalized spacial score (nSPS) is 22.4. The van der Waals surface area contributed by atoms with Crippen LogP contribution in [0.1, 0.15) is 40.0 Å². The number of piperazine rings is 2. The van der Waals surface area contributed by atoms with Crippen LogP contribution in [0.25, 0.3) is 10.9 Å². The molecular weight excluding hydrogens is 424 g/mol. The van der Waals surface area contributed by atoms with Crippen molar-refractivity contribution in [3.05, 3.63) is 70.9 Å². The van der Waals surface area contributed by atoms with Crippen molar-refractivity contribution < 1.29 is 4.79 Å². The predicted molar refractivity (Wildman–Crippen MR) is 132 cm³/mol. The highest BCUT2D eigenvalue weighted by Gasteiger charge is 2.39. The van der Waals surface area contributed by atoms with Crippen LogP contribution >= 0.6 is 0 Å². The van der Waals surface area contributed by atoms with Gasteiger partial charge >= 0.3 is 0 Å². The van der Waals surface area contributed by atoms with E-state index >= 15 is 0 Å². The fraction of sp³-hybridized carbons (Fsp3) is 0.370. The van der Waals surface area contributed by atoms with Gasteiger partial charge in [-0.25, -0.2) is 0 Å². The quantitative estimate of drug-likeness (QED) is 0.645. The number of nitriles is 1. The zero-order valence-electron chi connectivity index (χ0n) is 19.4. The number of rotatable bonds is 2. The molecule has 0 bridgehead atoms. The van der Waals surface area contributed by atoms with Crippen molar-refractivity contribution in [2.75, 3.05) is 44.2 Å². The Kier molecular flexibility index (Phi) is 5.20. The highest BCUT2D eigenvalue weighted by Crippen LogP contribution is 2.41. The first-order valence-electron chi connectivity index (χ1n) is 12.1. The Balaban J connectivity index is 1.31. The molecular formula is C27H28N6O. The molecule has 34 heavy (non-hydrogen) atoms. The van der Waals surface area contributed by atoms with Gasteiger partial charge in [-0.05, 0) is 54.4 Å². The Labute approximate surface area is 199 Å². The summed E-state index contributed by atoms with van der Waals surface area (Å²) in [5.74, 6) is 0.139. The van der Waals surface area contributed by atoms with Crippen molar-refractivity contribution in [2.24, 2.45) is 0 Å². The number of nitrogens with one attached hydrogen (secondary N) is 1. The smallest absolute Gasteiger partial charge is 0.253 e. The number of hydrogen-bond acceptors (Lipinski definition) is 6. The number of hydrogen-bond donors (Lipinski definition) is 1. The number of carbonyl (C=O) groups excluding carboxylic acids is 1. The molecule has 0 spiro atoms. The fourth-order valence-corrected chi connectivity index (χ4v) is 5.83. The Morgan fingerprint density at radius 1 is 1.15 bits per heavy atom. The number of carbonyl (C=O) groups is 1. The largest absolute Gasteiger partial charge is 0.368 e. The van der Waals surface area contributed by atoms with Crippen LogP contribution in [0.5, 0.6) is 0 Å². The maximum Gasteiger partial charge on any atom is 0.253 e. The van der Waals surface area contributed by atoms with Crippen LogP contribution < -0.4 is 10.2 Å². The minimum absolute atomic E-state index is 0.139. The minimum atomic E-state index is 0.139. The van der Waals surface area contributed by atoms with Gasteiger partial charge in [-0.15, -0.1) is 0 Å². The average Bonchev–Trinajstić information content (AvgIpc) is 3.26. The van der Waals surface area contributed by atoms with Crippen molar-refractivity contribution in [1.82, 2.24) is 20.1 Å². The lowest BCUT2D eigenvalue weighted by Crippen LogP contribution is -2.51. The third-order valence-corrected chi connectivity index (χ3v) is 7.56. The lowest BCUT2D eigenvalue weighted by Gasteiger charge is -2.43. The van der Waals surface area contributed by atoms with Gasteiger partial charge in [0, 0.05) is 74.7 Å². The number of anilines is 1. The number of pyridine rings is 1. The molecule has 2 atom stereocenters. The van der Waals surface area contributed by atoms with Gasteiger partial charge in [0.05, 0.1) is 17.1 Å². The monoisotopic (exact) mass is 452 g/mol. The molecule has 3 aliphatic rings. The summed E-state index contributed by atoms with van der Waals surface area (Å²) in [5.41, 5.74) is 5.90. The minimum Gasteiger partial charge on any atom is -0.368 e. The molecule has 3 aliphatic heterocycles. The molecule has 172 valence electrons. The lowest BCUT2D eigenvalue weighted by molar-refractivity contribution is 0.0735. The summed E-state index contributed by atoms with van der Waals surface area (Å²) >= 11 is 0. The molecule has 2 fully saturated rings. The van der Waals surface area contributed by atoms with Crippen molar-refractivity contribution in [1.29, 1.82) is 5.26 Å². The predicted octanol–water partition coefficient (Wildman–Crippen LogP) is 2.92. The van der Waals surface area contributed by atoms with Gasteiger partial charge in [0.25, 0.3) is 5.91 Å². The molecule has 0 unspecified atom stereocenters. The maximum atomic E-state index is 13.0. The molecule has 1 amide bonds. The number of benzene rings is 2. The van der Waals surface area contributed by atoms with Gasteiger partial charge in [-0.2, -0.15) is 5.26 Å². The molecule has 0 radical (unpaired) electrons. The third-order valence-electron chi connectivity index (χ3n) is 7.56. The fourth-order valence-electron chi connectivity index (χ4n) is 5.83. The van der Waals surface area contributed by atoms with E-state index in [0.717, 1.165) is 68.0 Å². The zero-order valence-corrected chi connectivity index (χ0v) is 19.4. The van der Waals surface area contributed by atoms with E-state index in [4.69, 9.17) is 0 Å². The second kappa shape index (κ2) is 8.39. The lowest BCUT2D eigenvalue weighted by atomic mass is 9.98. The Morgan fingerprint density at radius 2 is 2.00 bits per heavy atom. The molecule has 6 rings (SSSR count). The van der Waals surface area contributed by atoms with Crippen LogP contribution in [0.15, 0.2) is 48.7 Å². The molecule has 3 aromatic rings. The molecule has 1 N–H and O–H groups in total. The average molecular weight is 453 g/mol. The van der Waals surface area contributed by atoms with Crippen molar-refractivity contribution in [2.45, 2.75) is 25.6 Å². The second-order valence-electron chi connectivity index (χ2n) is 9.54.